The first kappa shape index (κ1) is 22.8. The van der Waals surface area contributed by atoms with E-state index in [9.17, 15) is 9.59 Å². The molecular formula is C24H38N4O2. The zero-order chi connectivity index (χ0) is 21.5. The molecule has 1 aromatic carbocycles. The molecule has 0 spiro atoms. The van der Waals surface area contributed by atoms with Crippen LogP contribution in [-0.2, 0) is 4.79 Å². The molecule has 3 rings (SSSR count). The molecule has 0 aliphatic carbocycles. The number of hydrogen-bond donors (Lipinski definition) is 1. The fraction of sp³-hybridized carbons (Fsp3) is 0.667. The average Bonchev–Trinajstić information content (AvgIpc) is 2.74. The minimum Gasteiger partial charge on any atom is -0.340 e. The van der Waals surface area contributed by atoms with Crippen LogP contribution in [0.25, 0.3) is 0 Å². The van der Waals surface area contributed by atoms with E-state index in [1.807, 2.05) is 35.8 Å². The number of carbonyl (C=O) groups is 2. The van der Waals surface area contributed by atoms with E-state index >= 15 is 0 Å². The number of benzene rings is 1. The summed E-state index contributed by atoms with van der Waals surface area (Å²) >= 11 is 0. The average molecular weight is 415 g/mol. The van der Waals surface area contributed by atoms with E-state index in [4.69, 9.17) is 0 Å². The second-order valence-electron chi connectivity index (χ2n) is 8.93. The van der Waals surface area contributed by atoms with Crippen molar-refractivity contribution in [3.63, 3.8) is 0 Å². The summed E-state index contributed by atoms with van der Waals surface area (Å²) < 4.78 is 0. The molecular weight excluding hydrogens is 376 g/mol. The molecule has 2 saturated heterocycles. The highest BCUT2D eigenvalue weighted by atomic mass is 16.2. The van der Waals surface area contributed by atoms with Crippen LogP contribution < -0.4 is 5.32 Å². The Morgan fingerprint density at radius 1 is 1.03 bits per heavy atom. The molecule has 6 nitrogen and oxygen atoms in total. The van der Waals surface area contributed by atoms with Gasteiger partial charge in [0.1, 0.15) is 0 Å². The van der Waals surface area contributed by atoms with Gasteiger partial charge in [0.25, 0.3) is 5.91 Å². The number of piperazine rings is 1. The summed E-state index contributed by atoms with van der Waals surface area (Å²) in [7, 11) is 0. The third-order valence-corrected chi connectivity index (χ3v) is 6.42. The molecule has 2 amide bonds. The van der Waals surface area contributed by atoms with Gasteiger partial charge in [0.2, 0.25) is 5.91 Å². The normalized spacial score (nSPS) is 20.2. The Bertz CT molecular complexity index is 710. The van der Waals surface area contributed by atoms with Gasteiger partial charge in [0, 0.05) is 63.8 Å². The van der Waals surface area contributed by atoms with Gasteiger partial charge in [0.05, 0.1) is 0 Å². The highest BCUT2D eigenvalue weighted by molar-refractivity contribution is 5.95. The van der Waals surface area contributed by atoms with Crippen LogP contribution in [0, 0.1) is 13.8 Å². The van der Waals surface area contributed by atoms with Crippen molar-refractivity contribution in [1.29, 1.82) is 0 Å². The van der Waals surface area contributed by atoms with E-state index in [1.165, 1.54) is 19.3 Å². The summed E-state index contributed by atoms with van der Waals surface area (Å²) in [6.45, 7) is 12.7. The van der Waals surface area contributed by atoms with Crippen LogP contribution in [0.5, 0.6) is 0 Å². The Morgan fingerprint density at radius 3 is 2.40 bits per heavy atom. The van der Waals surface area contributed by atoms with Gasteiger partial charge in [-0.2, -0.15) is 0 Å². The molecule has 2 fully saturated rings. The summed E-state index contributed by atoms with van der Waals surface area (Å²) in [5.41, 5.74) is 2.92. The van der Waals surface area contributed by atoms with E-state index in [1.54, 1.807) is 0 Å². The number of piperidine rings is 1. The predicted molar refractivity (Wildman–Crippen MR) is 121 cm³/mol. The number of aryl methyl sites for hydroxylation is 2. The Hall–Kier alpha value is -1.92. The van der Waals surface area contributed by atoms with E-state index in [-0.39, 0.29) is 11.8 Å². The number of nitrogens with zero attached hydrogens (tertiary/aromatic N) is 3. The van der Waals surface area contributed by atoms with Gasteiger partial charge in [-0.1, -0.05) is 23.6 Å². The maximum Gasteiger partial charge on any atom is 0.253 e. The van der Waals surface area contributed by atoms with Gasteiger partial charge < -0.3 is 15.1 Å². The quantitative estimate of drug-likeness (QED) is 0.745. The van der Waals surface area contributed by atoms with Crippen molar-refractivity contribution in [2.24, 2.45) is 0 Å². The van der Waals surface area contributed by atoms with Crippen LogP contribution in [0.15, 0.2) is 18.2 Å². The number of nitrogens with one attached hydrogen (secondary N) is 1. The topological polar surface area (TPSA) is 55.9 Å². The van der Waals surface area contributed by atoms with E-state index in [0.717, 1.165) is 56.0 Å². The van der Waals surface area contributed by atoms with Crippen LogP contribution in [0.2, 0.25) is 0 Å². The third-order valence-electron chi connectivity index (χ3n) is 6.42. The summed E-state index contributed by atoms with van der Waals surface area (Å²) in [6.07, 6.45) is 4.15. The molecule has 0 saturated carbocycles. The predicted octanol–water partition coefficient (Wildman–Crippen LogP) is 2.44. The standard InChI is InChI=1S/C24H38N4O2/c1-19-16-20(2)18-22(17-19)24(30)28(15-14-26-10-5-4-6-21(26)3)11-7-23(29)27-12-8-25-9-13-27/h16-18,21,25H,4-15H2,1-3H3. The first-order chi connectivity index (χ1) is 14.4. The van der Waals surface area contributed by atoms with Crippen LogP contribution in [-0.4, -0.2) is 84.9 Å². The summed E-state index contributed by atoms with van der Waals surface area (Å²) in [6, 6.07) is 6.58. The fourth-order valence-corrected chi connectivity index (χ4v) is 4.64. The monoisotopic (exact) mass is 414 g/mol. The van der Waals surface area contributed by atoms with Gasteiger partial charge in [-0.15, -0.1) is 0 Å². The minimum atomic E-state index is 0.0413. The highest BCUT2D eigenvalue weighted by Crippen LogP contribution is 2.17. The molecule has 6 heteroatoms. The van der Waals surface area contributed by atoms with Crippen molar-refractivity contribution in [2.45, 2.75) is 52.5 Å². The number of likely N-dealkylation sites (tertiary alicyclic amines) is 1. The Balaban J connectivity index is 1.66. The minimum absolute atomic E-state index is 0.0413. The second kappa shape index (κ2) is 10.9. The third kappa shape index (κ3) is 6.29. The molecule has 2 heterocycles. The van der Waals surface area contributed by atoms with Gasteiger partial charge in [-0.25, -0.2) is 0 Å². The number of carbonyl (C=O) groups excluding carboxylic acids is 2. The van der Waals surface area contributed by atoms with E-state index in [2.05, 4.69) is 23.2 Å². The fourth-order valence-electron chi connectivity index (χ4n) is 4.64. The molecule has 30 heavy (non-hydrogen) atoms. The van der Waals surface area contributed by atoms with Gasteiger partial charge in [-0.3, -0.25) is 14.5 Å². The lowest BCUT2D eigenvalue weighted by Crippen LogP contribution is -2.48. The zero-order valence-electron chi connectivity index (χ0n) is 19.0. The molecule has 0 radical (unpaired) electrons. The molecule has 0 aromatic heterocycles. The van der Waals surface area contributed by atoms with Crippen LogP contribution in [0.1, 0.15) is 54.1 Å². The van der Waals surface area contributed by atoms with Crippen molar-refractivity contribution >= 4 is 11.8 Å². The van der Waals surface area contributed by atoms with E-state index < -0.39 is 0 Å². The van der Waals surface area contributed by atoms with Crippen LogP contribution in [0.4, 0.5) is 0 Å². The SMILES string of the molecule is Cc1cc(C)cc(C(=O)N(CCC(=O)N2CCNCC2)CCN2CCCCC2C)c1. The molecule has 166 valence electrons. The number of rotatable bonds is 7. The summed E-state index contributed by atoms with van der Waals surface area (Å²) in [5.74, 6) is 0.195. The lowest BCUT2D eigenvalue weighted by Gasteiger charge is -2.35. The van der Waals surface area contributed by atoms with Gasteiger partial charge in [0.15, 0.2) is 0 Å². The molecule has 1 atom stereocenters. The molecule has 1 unspecified atom stereocenters. The van der Waals surface area contributed by atoms with Crippen LogP contribution >= 0.6 is 0 Å². The molecule has 1 aromatic rings. The van der Waals surface area contributed by atoms with E-state index in [0.29, 0.717) is 25.6 Å². The van der Waals surface area contributed by atoms with Crippen molar-refractivity contribution in [1.82, 2.24) is 20.0 Å². The first-order valence-electron chi connectivity index (χ1n) is 11.5. The van der Waals surface area contributed by atoms with Gasteiger partial charge >= 0.3 is 0 Å². The first-order valence-corrected chi connectivity index (χ1v) is 11.5. The molecule has 2 aliphatic heterocycles. The Labute approximate surface area is 181 Å². The molecule has 1 N–H and O–H groups in total. The highest BCUT2D eigenvalue weighted by Gasteiger charge is 2.23. The lowest BCUT2D eigenvalue weighted by atomic mass is 10.0. The van der Waals surface area contributed by atoms with Crippen molar-refractivity contribution in [3.05, 3.63) is 34.9 Å². The molecule has 0 bridgehead atoms. The summed E-state index contributed by atoms with van der Waals surface area (Å²) in [4.78, 5) is 32.3. The Morgan fingerprint density at radius 2 is 1.73 bits per heavy atom. The maximum atomic E-state index is 13.4. The van der Waals surface area contributed by atoms with Crippen molar-refractivity contribution in [3.8, 4) is 0 Å². The molecule has 2 aliphatic rings. The zero-order valence-corrected chi connectivity index (χ0v) is 19.0. The maximum absolute atomic E-state index is 13.4. The van der Waals surface area contributed by atoms with Gasteiger partial charge in [-0.05, 0) is 52.3 Å². The van der Waals surface area contributed by atoms with Crippen molar-refractivity contribution in [2.75, 3.05) is 52.4 Å². The summed E-state index contributed by atoms with van der Waals surface area (Å²) in [5, 5.41) is 3.28. The van der Waals surface area contributed by atoms with Crippen molar-refractivity contribution < 1.29 is 9.59 Å². The second-order valence-corrected chi connectivity index (χ2v) is 8.93. The largest absolute Gasteiger partial charge is 0.340 e. The smallest absolute Gasteiger partial charge is 0.253 e. The number of hydrogen-bond acceptors (Lipinski definition) is 4. The van der Waals surface area contributed by atoms with Crippen LogP contribution in [0.3, 0.4) is 0 Å². The Kier molecular flexibility index (Phi) is 8.28. The lowest BCUT2D eigenvalue weighted by molar-refractivity contribution is -0.131. The number of amides is 2.